The summed E-state index contributed by atoms with van der Waals surface area (Å²) >= 11 is 0. The van der Waals surface area contributed by atoms with Gasteiger partial charge < -0.3 is 15.2 Å². The number of hydrogen-bond donors (Lipinski definition) is 1. The van der Waals surface area contributed by atoms with Gasteiger partial charge in [0, 0.05) is 6.04 Å². The van der Waals surface area contributed by atoms with Gasteiger partial charge in [0.15, 0.2) is 11.5 Å². The van der Waals surface area contributed by atoms with E-state index in [2.05, 4.69) is 24.3 Å². The molecule has 2 aromatic carbocycles. The molecule has 0 aliphatic carbocycles. The van der Waals surface area contributed by atoms with Crippen molar-refractivity contribution in [3.63, 3.8) is 0 Å². The minimum Gasteiger partial charge on any atom is -0.493 e. The van der Waals surface area contributed by atoms with Crippen LogP contribution in [0.5, 0.6) is 11.5 Å². The molecule has 2 rings (SSSR count). The lowest BCUT2D eigenvalue weighted by molar-refractivity contribution is 0.289. The van der Waals surface area contributed by atoms with Crippen LogP contribution >= 0.6 is 0 Å². The van der Waals surface area contributed by atoms with Crippen LogP contribution in [0, 0.1) is 0 Å². The highest BCUT2D eigenvalue weighted by Gasteiger charge is 2.08. The summed E-state index contributed by atoms with van der Waals surface area (Å²) in [4.78, 5) is 0. The first-order valence-corrected chi connectivity index (χ1v) is 7.31. The molecule has 0 saturated heterocycles. The molecular weight excluding hydrogens is 262 g/mol. The fourth-order valence-electron chi connectivity index (χ4n) is 2.19. The maximum Gasteiger partial charge on any atom is 0.161 e. The Labute approximate surface area is 126 Å². The number of ether oxygens (including phenoxy) is 2. The van der Waals surface area contributed by atoms with Crippen LogP contribution in [0.4, 0.5) is 0 Å². The number of benzene rings is 2. The van der Waals surface area contributed by atoms with Crippen molar-refractivity contribution in [3.05, 3.63) is 59.7 Å². The molecule has 21 heavy (non-hydrogen) atoms. The monoisotopic (exact) mass is 285 g/mol. The number of hydrogen-bond acceptors (Lipinski definition) is 3. The van der Waals surface area contributed by atoms with Crippen molar-refractivity contribution in [2.75, 3.05) is 13.7 Å². The van der Waals surface area contributed by atoms with Crippen molar-refractivity contribution in [2.45, 2.75) is 25.8 Å². The predicted molar refractivity (Wildman–Crippen MR) is 85.9 cm³/mol. The Balaban J connectivity index is 1.88. The molecule has 3 heteroatoms. The molecule has 0 heterocycles. The molecule has 2 aromatic rings. The molecule has 0 amide bonds. The Bertz CT molecular complexity index is 552. The Morgan fingerprint density at radius 1 is 1.05 bits per heavy atom. The third kappa shape index (κ3) is 4.50. The van der Waals surface area contributed by atoms with Gasteiger partial charge in [-0.3, -0.25) is 0 Å². The van der Waals surface area contributed by atoms with Crippen LogP contribution in [0.1, 0.15) is 30.5 Å². The predicted octanol–water partition coefficient (Wildman–Crippen LogP) is 3.73. The summed E-state index contributed by atoms with van der Waals surface area (Å²) < 4.78 is 11.2. The fourth-order valence-corrected chi connectivity index (χ4v) is 2.19. The van der Waals surface area contributed by atoms with Crippen LogP contribution in [-0.2, 0) is 6.42 Å². The maximum atomic E-state index is 5.88. The molecule has 0 radical (unpaired) electrons. The molecule has 0 unspecified atom stereocenters. The Kier molecular flexibility index (Phi) is 5.64. The maximum absolute atomic E-state index is 5.88. The van der Waals surface area contributed by atoms with Gasteiger partial charge in [0.25, 0.3) is 0 Å². The first-order chi connectivity index (χ1) is 10.2. The van der Waals surface area contributed by atoms with E-state index in [-0.39, 0.29) is 6.04 Å². The SMILES string of the molecule is COc1cc([C@H](C)N)ccc1OCCCc1ccccc1. The van der Waals surface area contributed by atoms with E-state index in [1.54, 1.807) is 7.11 Å². The van der Waals surface area contributed by atoms with Gasteiger partial charge in [0.2, 0.25) is 0 Å². The van der Waals surface area contributed by atoms with Gasteiger partial charge >= 0.3 is 0 Å². The van der Waals surface area contributed by atoms with E-state index in [4.69, 9.17) is 15.2 Å². The number of nitrogens with two attached hydrogens (primary N) is 1. The molecule has 0 aliphatic rings. The summed E-state index contributed by atoms with van der Waals surface area (Å²) in [5.74, 6) is 1.51. The van der Waals surface area contributed by atoms with Crippen LogP contribution in [0.15, 0.2) is 48.5 Å². The summed E-state index contributed by atoms with van der Waals surface area (Å²) in [5.41, 5.74) is 8.26. The van der Waals surface area contributed by atoms with E-state index in [1.807, 2.05) is 31.2 Å². The van der Waals surface area contributed by atoms with Crippen LogP contribution in [0.25, 0.3) is 0 Å². The highest BCUT2D eigenvalue weighted by Crippen LogP contribution is 2.29. The Hall–Kier alpha value is -2.00. The summed E-state index contributed by atoms with van der Waals surface area (Å²) in [6.07, 6.45) is 1.99. The molecule has 0 aliphatic heterocycles. The molecule has 112 valence electrons. The van der Waals surface area contributed by atoms with Crippen molar-refractivity contribution in [3.8, 4) is 11.5 Å². The molecule has 3 nitrogen and oxygen atoms in total. The Morgan fingerprint density at radius 3 is 2.48 bits per heavy atom. The standard InChI is InChI=1S/C18H23NO2/c1-14(19)16-10-11-17(18(13-16)20-2)21-12-6-9-15-7-4-3-5-8-15/h3-5,7-8,10-11,13-14H,6,9,12,19H2,1-2H3/t14-/m0/s1. The lowest BCUT2D eigenvalue weighted by Gasteiger charge is -2.13. The first-order valence-electron chi connectivity index (χ1n) is 7.31. The summed E-state index contributed by atoms with van der Waals surface area (Å²) in [6, 6.07) is 16.3. The molecule has 2 N–H and O–H groups in total. The molecule has 0 bridgehead atoms. The van der Waals surface area contributed by atoms with Gasteiger partial charge in [-0.15, -0.1) is 0 Å². The van der Waals surface area contributed by atoms with Crippen molar-refractivity contribution >= 4 is 0 Å². The number of rotatable bonds is 7. The smallest absolute Gasteiger partial charge is 0.161 e. The molecule has 1 atom stereocenters. The second-order valence-corrected chi connectivity index (χ2v) is 5.14. The molecule has 0 aromatic heterocycles. The van der Waals surface area contributed by atoms with E-state index in [9.17, 15) is 0 Å². The summed E-state index contributed by atoms with van der Waals surface area (Å²) in [5, 5.41) is 0. The first kappa shape index (κ1) is 15.4. The van der Waals surface area contributed by atoms with Crippen LogP contribution in [-0.4, -0.2) is 13.7 Å². The third-order valence-electron chi connectivity index (χ3n) is 3.42. The highest BCUT2D eigenvalue weighted by atomic mass is 16.5. The molecule has 0 spiro atoms. The normalized spacial score (nSPS) is 12.0. The quantitative estimate of drug-likeness (QED) is 0.788. The van der Waals surface area contributed by atoms with E-state index in [0.29, 0.717) is 6.61 Å². The van der Waals surface area contributed by atoms with Crippen LogP contribution in [0.2, 0.25) is 0 Å². The minimum atomic E-state index is -0.00830. The Morgan fingerprint density at radius 2 is 1.81 bits per heavy atom. The van der Waals surface area contributed by atoms with Crippen LogP contribution in [0.3, 0.4) is 0 Å². The van der Waals surface area contributed by atoms with E-state index < -0.39 is 0 Å². The van der Waals surface area contributed by atoms with Crippen molar-refractivity contribution in [2.24, 2.45) is 5.73 Å². The molecule has 0 fully saturated rings. The number of aryl methyl sites for hydroxylation is 1. The zero-order chi connectivity index (χ0) is 15.1. The van der Waals surface area contributed by atoms with Gasteiger partial charge in [-0.2, -0.15) is 0 Å². The van der Waals surface area contributed by atoms with Gasteiger partial charge in [0.05, 0.1) is 13.7 Å². The summed E-state index contributed by atoms with van der Waals surface area (Å²) in [6.45, 7) is 2.62. The number of methoxy groups -OCH3 is 1. The topological polar surface area (TPSA) is 44.5 Å². The molecule has 0 saturated carbocycles. The van der Waals surface area contributed by atoms with Crippen molar-refractivity contribution in [1.82, 2.24) is 0 Å². The van der Waals surface area contributed by atoms with Crippen LogP contribution < -0.4 is 15.2 Å². The van der Waals surface area contributed by atoms with E-state index >= 15 is 0 Å². The van der Waals surface area contributed by atoms with Crippen molar-refractivity contribution in [1.29, 1.82) is 0 Å². The fraction of sp³-hybridized carbons (Fsp3) is 0.333. The second kappa shape index (κ2) is 7.70. The second-order valence-electron chi connectivity index (χ2n) is 5.14. The van der Waals surface area contributed by atoms with Gasteiger partial charge in [0.1, 0.15) is 0 Å². The van der Waals surface area contributed by atoms with Gasteiger partial charge in [-0.05, 0) is 43.0 Å². The van der Waals surface area contributed by atoms with E-state index in [1.165, 1.54) is 5.56 Å². The zero-order valence-corrected chi connectivity index (χ0v) is 12.7. The van der Waals surface area contributed by atoms with Gasteiger partial charge in [-0.1, -0.05) is 36.4 Å². The van der Waals surface area contributed by atoms with Crippen molar-refractivity contribution < 1.29 is 9.47 Å². The zero-order valence-electron chi connectivity index (χ0n) is 12.7. The average Bonchev–Trinajstić information content (AvgIpc) is 2.52. The highest BCUT2D eigenvalue weighted by molar-refractivity contribution is 5.43. The minimum absolute atomic E-state index is 0.00830. The average molecular weight is 285 g/mol. The lowest BCUT2D eigenvalue weighted by atomic mass is 10.1. The largest absolute Gasteiger partial charge is 0.493 e. The van der Waals surface area contributed by atoms with E-state index in [0.717, 1.165) is 29.9 Å². The van der Waals surface area contributed by atoms with Gasteiger partial charge in [-0.25, -0.2) is 0 Å². The summed E-state index contributed by atoms with van der Waals surface area (Å²) in [7, 11) is 1.65. The third-order valence-corrected chi connectivity index (χ3v) is 3.42. The molecular formula is C18H23NO2. The lowest BCUT2D eigenvalue weighted by Crippen LogP contribution is -2.06.